The molecule has 1 heterocycles. The number of hydrogen-bond acceptors (Lipinski definition) is 5. The van der Waals surface area contributed by atoms with Gasteiger partial charge in [0.15, 0.2) is 0 Å². The fraction of sp³-hybridized carbons (Fsp3) is 0.368. The van der Waals surface area contributed by atoms with Gasteiger partial charge in [0.2, 0.25) is 10.0 Å². The van der Waals surface area contributed by atoms with Crippen LogP contribution in [0.4, 0.5) is 0 Å². The molecule has 2 aromatic rings. The highest BCUT2D eigenvalue weighted by Gasteiger charge is 2.18. The highest BCUT2D eigenvalue weighted by molar-refractivity contribution is 7.89. The number of rotatable bonds is 7. The highest BCUT2D eigenvalue weighted by atomic mass is 32.2. The van der Waals surface area contributed by atoms with Crippen LogP contribution in [0.1, 0.15) is 59.9 Å². The Morgan fingerprint density at radius 3 is 2.41 bits per heavy atom. The van der Waals surface area contributed by atoms with Crippen molar-refractivity contribution in [3.63, 3.8) is 0 Å². The minimum atomic E-state index is -3.76. The number of benzene rings is 1. The van der Waals surface area contributed by atoms with Gasteiger partial charge in [-0.2, -0.15) is 0 Å². The van der Waals surface area contributed by atoms with Crippen LogP contribution in [0.5, 0.6) is 0 Å². The van der Waals surface area contributed by atoms with E-state index in [0.717, 1.165) is 12.8 Å². The quantitative estimate of drug-likeness (QED) is 0.750. The molecule has 0 aliphatic heterocycles. The summed E-state index contributed by atoms with van der Waals surface area (Å²) in [5.41, 5.74) is 0.552. The first kappa shape index (κ1) is 20.9. The van der Waals surface area contributed by atoms with Gasteiger partial charge in [-0.05, 0) is 42.7 Å². The van der Waals surface area contributed by atoms with Crippen molar-refractivity contribution in [2.45, 2.75) is 51.0 Å². The second kappa shape index (κ2) is 8.49. The molecule has 1 aromatic carbocycles. The summed E-state index contributed by atoms with van der Waals surface area (Å²) in [4.78, 5) is 24.7. The van der Waals surface area contributed by atoms with Gasteiger partial charge in [0.05, 0.1) is 4.90 Å². The summed E-state index contributed by atoms with van der Waals surface area (Å²) in [5.74, 6) is 0.150. The Morgan fingerprint density at radius 2 is 1.89 bits per heavy atom. The average Bonchev–Trinajstić information content (AvgIpc) is 2.59. The number of primary sulfonamides is 1. The molecule has 0 aliphatic carbocycles. The summed E-state index contributed by atoms with van der Waals surface area (Å²) in [6.07, 6.45) is 1.86. The molecular formula is C19H24N2O5S. The van der Waals surface area contributed by atoms with Gasteiger partial charge in [-0.25, -0.2) is 18.4 Å². The van der Waals surface area contributed by atoms with Crippen LogP contribution < -0.4 is 16.1 Å². The predicted molar refractivity (Wildman–Crippen MR) is 102 cm³/mol. The predicted octanol–water partition coefficient (Wildman–Crippen LogP) is 2.43. The first-order chi connectivity index (χ1) is 12.6. The molecule has 1 aromatic heterocycles. The Morgan fingerprint density at radius 1 is 1.26 bits per heavy atom. The molecule has 1 unspecified atom stereocenters. The molecule has 0 saturated heterocycles. The van der Waals surface area contributed by atoms with Crippen LogP contribution in [0.2, 0.25) is 0 Å². The summed E-state index contributed by atoms with van der Waals surface area (Å²) in [5, 5.41) is 7.70. The van der Waals surface area contributed by atoms with Crippen molar-refractivity contribution >= 4 is 15.9 Å². The second-order valence-electron chi connectivity index (χ2n) is 6.56. The smallest absolute Gasteiger partial charge is 0.349 e. The Kier molecular flexibility index (Phi) is 6.56. The van der Waals surface area contributed by atoms with Crippen molar-refractivity contribution in [1.29, 1.82) is 0 Å². The molecule has 7 nitrogen and oxygen atoms in total. The Bertz CT molecular complexity index is 978. The zero-order chi connectivity index (χ0) is 20.2. The number of sulfonamides is 1. The molecule has 0 spiro atoms. The van der Waals surface area contributed by atoms with E-state index < -0.39 is 21.6 Å². The lowest BCUT2D eigenvalue weighted by Gasteiger charge is -2.12. The van der Waals surface area contributed by atoms with Crippen LogP contribution in [0.3, 0.4) is 0 Å². The maximum absolute atomic E-state index is 12.4. The van der Waals surface area contributed by atoms with Gasteiger partial charge < -0.3 is 9.73 Å². The van der Waals surface area contributed by atoms with Gasteiger partial charge >= 0.3 is 5.63 Å². The molecule has 1 amide bonds. The fourth-order valence-electron chi connectivity index (χ4n) is 2.79. The lowest BCUT2D eigenvalue weighted by Crippen LogP contribution is -2.29. The van der Waals surface area contributed by atoms with Crippen molar-refractivity contribution in [3.05, 3.63) is 63.2 Å². The molecule has 0 bridgehead atoms. The van der Waals surface area contributed by atoms with Gasteiger partial charge in [0, 0.05) is 12.5 Å². The Hall–Kier alpha value is -2.45. The van der Waals surface area contributed by atoms with Crippen LogP contribution in [-0.4, -0.2) is 14.3 Å². The van der Waals surface area contributed by atoms with E-state index in [9.17, 15) is 18.0 Å². The minimum absolute atomic E-state index is 0.00847. The lowest BCUT2D eigenvalue weighted by molar-refractivity contribution is 0.0945. The maximum Gasteiger partial charge on any atom is 0.349 e. The molecule has 0 radical (unpaired) electrons. The third-order valence-electron chi connectivity index (χ3n) is 4.31. The largest absolute Gasteiger partial charge is 0.427 e. The van der Waals surface area contributed by atoms with Gasteiger partial charge in [0.1, 0.15) is 11.3 Å². The van der Waals surface area contributed by atoms with Crippen molar-refractivity contribution < 1.29 is 17.6 Å². The molecule has 27 heavy (non-hydrogen) atoms. The maximum atomic E-state index is 12.4. The molecule has 2 rings (SSSR count). The van der Waals surface area contributed by atoms with E-state index in [4.69, 9.17) is 9.56 Å². The van der Waals surface area contributed by atoms with Crippen LogP contribution in [0, 0.1) is 6.92 Å². The molecular weight excluding hydrogens is 368 g/mol. The zero-order valence-corrected chi connectivity index (χ0v) is 16.4. The fourth-order valence-corrected chi connectivity index (χ4v) is 3.31. The summed E-state index contributed by atoms with van der Waals surface area (Å²) >= 11 is 0. The number of amides is 1. The molecule has 1 atom stereocenters. The van der Waals surface area contributed by atoms with Gasteiger partial charge in [-0.3, -0.25) is 4.79 Å². The highest BCUT2D eigenvalue weighted by Crippen LogP contribution is 2.21. The molecule has 0 saturated carbocycles. The number of carbonyl (C=O) groups is 1. The Labute approximate surface area is 158 Å². The normalized spacial score (nSPS) is 12.6. The Balaban J connectivity index is 2.13. The van der Waals surface area contributed by atoms with Crippen LogP contribution >= 0.6 is 0 Å². The van der Waals surface area contributed by atoms with E-state index in [1.807, 2.05) is 6.92 Å². The van der Waals surface area contributed by atoms with E-state index in [1.54, 1.807) is 25.1 Å². The van der Waals surface area contributed by atoms with Gasteiger partial charge in [0.25, 0.3) is 5.91 Å². The van der Waals surface area contributed by atoms with E-state index >= 15 is 0 Å². The number of nitrogens with one attached hydrogen (secondary N) is 1. The lowest BCUT2D eigenvalue weighted by atomic mass is 10.0. The zero-order valence-electron chi connectivity index (χ0n) is 15.6. The van der Waals surface area contributed by atoms with Crippen LogP contribution in [0.25, 0.3) is 0 Å². The third kappa shape index (κ3) is 5.27. The van der Waals surface area contributed by atoms with E-state index in [0.29, 0.717) is 16.9 Å². The van der Waals surface area contributed by atoms with E-state index in [-0.39, 0.29) is 22.9 Å². The van der Waals surface area contributed by atoms with Gasteiger partial charge in [-0.15, -0.1) is 0 Å². The van der Waals surface area contributed by atoms with Crippen molar-refractivity contribution in [2.75, 3.05) is 0 Å². The molecule has 0 fully saturated rings. The van der Waals surface area contributed by atoms with Gasteiger partial charge in [-0.1, -0.05) is 32.4 Å². The summed E-state index contributed by atoms with van der Waals surface area (Å²) in [6.45, 7) is 5.87. The first-order valence-electron chi connectivity index (χ1n) is 8.68. The summed E-state index contributed by atoms with van der Waals surface area (Å²) in [7, 11) is -3.76. The second-order valence-corrected chi connectivity index (χ2v) is 8.12. The summed E-state index contributed by atoms with van der Waals surface area (Å²) in [6, 6.07) is 7.55. The van der Waals surface area contributed by atoms with E-state index in [1.165, 1.54) is 12.1 Å². The van der Waals surface area contributed by atoms with Crippen molar-refractivity contribution in [2.24, 2.45) is 5.14 Å². The SMILES string of the molecule is CCCC(C)c1cc(C)c(C(=O)NCc2ccc(S(N)(=O)=O)cc2)c(=O)o1. The first-order valence-corrected chi connectivity index (χ1v) is 10.2. The van der Waals surface area contributed by atoms with E-state index in [2.05, 4.69) is 12.2 Å². The topological polar surface area (TPSA) is 119 Å². The average molecular weight is 392 g/mol. The monoisotopic (exact) mass is 392 g/mol. The van der Waals surface area contributed by atoms with Crippen LogP contribution in [-0.2, 0) is 16.6 Å². The van der Waals surface area contributed by atoms with Crippen molar-refractivity contribution in [1.82, 2.24) is 5.32 Å². The minimum Gasteiger partial charge on any atom is -0.427 e. The number of aryl methyl sites for hydroxylation is 1. The number of carbonyl (C=O) groups excluding carboxylic acids is 1. The molecule has 3 N–H and O–H groups in total. The standard InChI is InChI=1S/C19H24N2O5S/c1-4-5-12(2)16-10-13(3)17(19(23)26-16)18(22)21-11-14-6-8-15(9-7-14)27(20,24)25/h6-10,12H,4-5,11H2,1-3H3,(H,21,22)(H2,20,24,25). The summed E-state index contributed by atoms with van der Waals surface area (Å²) < 4.78 is 27.8. The molecule has 8 heteroatoms. The molecule has 146 valence electrons. The van der Waals surface area contributed by atoms with Crippen molar-refractivity contribution in [3.8, 4) is 0 Å². The number of nitrogens with two attached hydrogens (primary N) is 1. The number of hydrogen-bond donors (Lipinski definition) is 2. The van der Waals surface area contributed by atoms with Crippen LogP contribution in [0.15, 0.2) is 44.4 Å². The third-order valence-corrected chi connectivity index (χ3v) is 5.24. The molecule has 0 aliphatic rings.